The molecule has 1 atom stereocenters. The molecule has 0 amide bonds. The highest BCUT2D eigenvalue weighted by Crippen LogP contribution is 2.27. The maximum absolute atomic E-state index is 13.0. The van der Waals surface area contributed by atoms with E-state index in [-0.39, 0.29) is 0 Å². The summed E-state index contributed by atoms with van der Waals surface area (Å²) in [4.78, 5) is 4.49. The Morgan fingerprint density at radius 1 is 1.33 bits per heavy atom. The van der Waals surface area contributed by atoms with Crippen molar-refractivity contribution in [1.82, 2.24) is 19.1 Å². The standard InChI is InChI=1S/C17H24N4O2S/c1-3-21-14(2)17(12-19-21)24(22,23)20-9-5-7-16(13-20)10-15-6-4-8-18-11-15/h4,6,8,11-12,16H,3,5,7,9-10,13H2,1-2H3/t16-/m0/s1. The Morgan fingerprint density at radius 3 is 2.83 bits per heavy atom. The molecule has 3 heterocycles. The lowest BCUT2D eigenvalue weighted by Gasteiger charge is -2.31. The van der Waals surface area contributed by atoms with Crippen LogP contribution in [0.15, 0.2) is 35.6 Å². The second kappa shape index (κ2) is 7.03. The number of sulfonamides is 1. The van der Waals surface area contributed by atoms with Gasteiger partial charge >= 0.3 is 0 Å². The average molecular weight is 348 g/mol. The molecule has 0 N–H and O–H groups in total. The number of pyridine rings is 1. The second-order valence-corrected chi connectivity index (χ2v) is 8.25. The van der Waals surface area contributed by atoms with Crippen molar-refractivity contribution in [2.24, 2.45) is 5.92 Å². The Balaban J connectivity index is 1.77. The maximum atomic E-state index is 13.0. The molecule has 2 aromatic heterocycles. The number of piperidine rings is 1. The fraction of sp³-hybridized carbons (Fsp3) is 0.529. The Hall–Kier alpha value is -1.73. The third kappa shape index (κ3) is 3.37. The predicted molar refractivity (Wildman–Crippen MR) is 92.1 cm³/mol. The van der Waals surface area contributed by atoms with Crippen molar-refractivity contribution in [1.29, 1.82) is 0 Å². The van der Waals surface area contributed by atoms with Crippen LogP contribution in [0, 0.1) is 12.8 Å². The van der Waals surface area contributed by atoms with Crippen molar-refractivity contribution in [3.05, 3.63) is 42.0 Å². The molecular weight excluding hydrogens is 324 g/mol. The van der Waals surface area contributed by atoms with Crippen LogP contribution in [0.5, 0.6) is 0 Å². The van der Waals surface area contributed by atoms with Gasteiger partial charge in [-0.25, -0.2) is 8.42 Å². The minimum Gasteiger partial charge on any atom is -0.269 e. The third-order valence-electron chi connectivity index (χ3n) is 4.70. The highest BCUT2D eigenvalue weighted by atomic mass is 32.2. The van der Waals surface area contributed by atoms with E-state index in [0.29, 0.717) is 36.1 Å². The van der Waals surface area contributed by atoms with Gasteiger partial charge in [-0.2, -0.15) is 9.40 Å². The summed E-state index contributed by atoms with van der Waals surface area (Å²) in [6.07, 6.45) is 7.92. The van der Waals surface area contributed by atoms with E-state index in [4.69, 9.17) is 0 Å². The van der Waals surface area contributed by atoms with E-state index in [1.54, 1.807) is 15.2 Å². The lowest BCUT2D eigenvalue weighted by atomic mass is 9.93. The Morgan fingerprint density at radius 2 is 2.17 bits per heavy atom. The zero-order valence-electron chi connectivity index (χ0n) is 14.2. The molecule has 0 saturated carbocycles. The largest absolute Gasteiger partial charge is 0.269 e. The molecule has 0 aliphatic carbocycles. The third-order valence-corrected chi connectivity index (χ3v) is 6.67. The first-order valence-electron chi connectivity index (χ1n) is 8.44. The van der Waals surface area contributed by atoms with Gasteiger partial charge in [-0.3, -0.25) is 9.67 Å². The fourth-order valence-corrected chi connectivity index (χ4v) is 5.12. The van der Waals surface area contributed by atoms with Crippen LogP contribution in [0.2, 0.25) is 0 Å². The van der Waals surface area contributed by atoms with Gasteiger partial charge in [-0.15, -0.1) is 0 Å². The zero-order chi connectivity index (χ0) is 17.2. The summed E-state index contributed by atoms with van der Waals surface area (Å²) in [6.45, 7) is 5.60. The molecule has 1 fully saturated rings. The summed E-state index contributed by atoms with van der Waals surface area (Å²) >= 11 is 0. The van der Waals surface area contributed by atoms with Crippen molar-refractivity contribution in [2.75, 3.05) is 13.1 Å². The first-order valence-corrected chi connectivity index (χ1v) is 9.88. The molecule has 0 aromatic carbocycles. The van der Waals surface area contributed by atoms with Crippen LogP contribution in [0.3, 0.4) is 0 Å². The van der Waals surface area contributed by atoms with Gasteiger partial charge in [0.1, 0.15) is 4.90 Å². The Kier molecular flexibility index (Phi) is 5.01. The van der Waals surface area contributed by atoms with Gasteiger partial charge in [0.2, 0.25) is 10.0 Å². The van der Waals surface area contributed by atoms with Gasteiger partial charge in [0.05, 0.1) is 11.9 Å². The van der Waals surface area contributed by atoms with Crippen molar-refractivity contribution in [3.63, 3.8) is 0 Å². The van der Waals surface area contributed by atoms with Crippen molar-refractivity contribution >= 4 is 10.0 Å². The molecule has 2 aromatic rings. The molecule has 1 aliphatic rings. The molecule has 7 heteroatoms. The number of hydrogen-bond acceptors (Lipinski definition) is 4. The van der Waals surface area contributed by atoms with Crippen LogP contribution >= 0.6 is 0 Å². The molecule has 0 bridgehead atoms. The minimum atomic E-state index is -3.47. The highest BCUT2D eigenvalue weighted by Gasteiger charge is 2.32. The molecule has 1 saturated heterocycles. The fourth-order valence-electron chi connectivity index (χ4n) is 3.40. The maximum Gasteiger partial charge on any atom is 0.246 e. The number of rotatable bonds is 5. The normalized spacial score (nSPS) is 19.5. The van der Waals surface area contributed by atoms with Crippen LogP contribution in [-0.2, 0) is 23.0 Å². The Labute approximate surface area is 143 Å². The molecule has 24 heavy (non-hydrogen) atoms. The first kappa shape index (κ1) is 17.1. The van der Waals surface area contributed by atoms with Crippen LogP contribution < -0.4 is 0 Å². The monoisotopic (exact) mass is 348 g/mol. The summed E-state index contributed by atoms with van der Waals surface area (Å²) in [5, 5.41) is 4.18. The van der Waals surface area contributed by atoms with E-state index in [2.05, 4.69) is 16.1 Å². The van der Waals surface area contributed by atoms with E-state index in [9.17, 15) is 8.42 Å². The summed E-state index contributed by atoms with van der Waals surface area (Å²) < 4.78 is 29.3. The van der Waals surface area contributed by atoms with E-state index in [1.807, 2.05) is 26.1 Å². The molecular formula is C17H24N4O2S. The van der Waals surface area contributed by atoms with E-state index >= 15 is 0 Å². The number of nitrogens with zero attached hydrogens (tertiary/aromatic N) is 4. The van der Waals surface area contributed by atoms with Crippen molar-refractivity contribution < 1.29 is 8.42 Å². The predicted octanol–water partition coefficient (Wildman–Crippen LogP) is 2.25. The summed E-state index contributed by atoms with van der Waals surface area (Å²) in [5.41, 5.74) is 1.88. The van der Waals surface area contributed by atoms with Gasteiger partial charge in [0, 0.05) is 32.0 Å². The summed E-state index contributed by atoms with van der Waals surface area (Å²) in [6, 6.07) is 3.98. The van der Waals surface area contributed by atoms with Crippen LogP contribution in [0.1, 0.15) is 31.0 Å². The van der Waals surface area contributed by atoms with E-state index in [1.165, 1.54) is 6.20 Å². The molecule has 130 valence electrons. The van der Waals surface area contributed by atoms with Gasteiger partial charge in [-0.05, 0) is 50.7 Å². The number of aryl methyl sites for hydroxylation is 1. The summed E-state index contributed by atoms with van der Waals surface area (Å²) in [7, 11) is -3.47. The SMILES string of the molecule is CCn1ncc(S(=O)(=O)N2CCC[C@@H](Cc3cccnc3)C2)c1C. The van der Waals surface area contributed by atoms with Gasteiger partial charge in [0.25, 0.3) is 0 Å². The van der Waals surface area contributed by atoms with Crippen LogP contribution in [0.25, 0.3) is 0 Å². The second-order valence-electron chi connectivity index (χ2n) is 6.35. The van der Waals surface area contributed by atoms with E-state index < -0.39 is 10.0 Å². The van der Waals surface area contributed by atoms with Gasteiger partial charge in [0.15, 0.2) is 0 Å². The minimum absolute atomic E-state index is 0.333. The quantitative estimate of drug-likeness (QED) is 0.831. The van der Waals surface area contributed by atoms with Crippen LogP contribution in [0.4, 0.5) is 0 Å². The molecule has 0 unspecified atom stereocenters. The van der Waals surface area contributed by atoms with E-state index in [0.717, 1.165) is 24.8 Å². The number of aromatic nitrogens is 3. The van der Waals surface area contributed by atoms with Crippen molar-refractivity contribution in [2.45, 2.75) is 44.6 Å². The molecule has 6 nitrogen and oxygen atoms in total. The lowest BCUT2D eigenvalue weighted by molar-refractivity contribution is 0.265. The molecule has 0 radical (unpaired) electrons. The summed E-state index contributed by atoms with van der Waals surface area (Å²) in [5.74, 6) is 0.333. The molecule has 1 aliphatic heterocycles. The first-order chi connectivity index (χ1) is 11.5. The van der Waals surface area contributed by atoms with Gasteiger partial charge in [-0.1, -0.05) is 6.07 Å². The highest BCUT2D eigenvalue weighted by molar-refractivity contribution is 7.89. The van der Waals surface area contributed by atoms with Crippen molar-refractivity contribution in [3.8, 4) is 0 Å². The number of hydrogen-bond donors (Lipinski definition) is 0. The molecule has 0 spiro atoms. The lowest BCUT2D eigenvalue weighted by Crippen LogP contribution is -2.40. The zero-order valence-corrected chi connectivity index (χ0v) is 15.0. The Bertz CT molecular complexity index is 786. The van der Waals surface area contributed by atoms with Gasteiger partial charge < -0.3 is 0 Å². The topological polar surface area (TPSA) is 68.1 Å². The smallest absolute Gasteiger partial charge is 0.246 e. The van der Waals surface area contributed by atoms with Crippen LogP contribution in [-0.4, -0.2) is 40.6 Å². The average Bonchev–Trinajstić information content (AvgIpc) is 2.97. The molecule has 3 rings (SSSR count).